The zero-order valence-corrected chi connectivity index (χ0v) is 16.0. The molecule has 23 heavy (non-hydrogen) atoms. The molecule has 1 unspecified atom stereocenters. The van der Waals surface area contributed by atoms with E-state index in [1.165, 1.54) is 30.4 Å². The molecule has 1 fully saturated rings. The van der Waals surface area contributed by atoms with Crippen LogP contribution in [-0.4, -0.2) is 0 Å². The third kappa shape index (κ3) is 3.49. The van der Waals surface area contributed by atoms with Crippen LogP contribution in [0.15, 0.2) is 58.3 Å². The monoisotopic (exact) mass is 342 g/mol. The van der Waals surface area contributed by atoms with Crippen LogP contribution in [0.3, 0.4) is 0 Å². The van der Waals surface area contributed by atoms with Gasteiger partial charge in [-0.2, -0.15) is 0 Å². The molecule has 0 N–H and O–H groups in total. The van der Waals surface area contributed by atoms with Crippen molar-refractivity contribution in [2.45, 2.75) is 55.2 Å². The Kier molecular flexibility index (Phi) is 4.59. The lowest BCUT2D eigenvalue weighted by Crippen LogP contribution is -2.41. The van der Waals surface area contributed by atoms with E-state index in [0.29, 0.717) is 11.3 Å². The van der Waals surface area contributed by atoms with Gasteiger partial charge in [-0.05, 0) is 66.0 Å². The molecule has 2 aromatic carbocycles. The van der Waals surface area contributed by atoms with Crippen molar-refractivity contribution in [3.8, 4) is 0 Å². The van der Waals surface area contributed by atoms with Gasteiger partial charge >= 0.3 is 0 Å². The Morgan fingerprint density at radius 3 is 1.61 bits per heavy atom. The van der Waals surface area contributed by atoms with Gasteiger partial charge in [0.15, 0.2) is 0 Å². The second kappa shape index (κ2) is 6.22. The van der Waals surface area contributed by atoms with Crippen LogP contribution >= 0.6 is 25.3 Å². The summed E-state index contributed by atoms with van der Waals surface area (Å²) in [4.78, 5) is 2.05. The Hall–Kier alpha value is -0.860. The van der Waals surface area contributed by atoms with Crippen molar-refractivity contribution >= 4 is 25.3 Å². The maximum Gasteiger partial charge on any atom is 0.0210 e. The van der Waals surface area contributed by atoms with Crippen LogP contribution in [0, 0.1) is 11.3 Å². The summed E-state index contributed by atoms with van der Waals surface area (Å²) in [6, 6.07) is 17.6. The van der Waals surface area contributed by atoms with Gasteiger partial charge in [0.25, 0.3) is 0 Å². The van der Waals surface area contributed by atoms with Crippen LogP contribution in [0.1, 0.15) is 51.2 Å². The predicted molar refractivity (Wildman–Crippen MR) is 105 cm³/mol. The van der Waals surface area contributed by atoms with Gasteiger partial charge in [-0.3, -0.25) is 0 Å². The first kappa shape index (κ1) is 17.0. The zero-order valence-electron chi connectivity index (χ0n) is 14.2. The highest BCUT2D eigenvalue weighted by Gasteiger charge is 2.44. The number of rotatable bonds is 2. The molecule has 0 heterocycles. The topological polar surface area (TPSA) is 0 Å². The van der Waals surface area contributed by atoms with Crippen molar-refractivity contribution in [1.82, 2.24) is 0 Å². The van der Waals surface area contributed by atoms with Gasteiger partial charge in [0, 0.05) is 15.2 Å². The molecule has 3 rings (SSSR count). The van der Waals surface area contributed by atoms with E-state index in [1.54, 1.807) is 0 Å². The summed E-state index contributed by atoms with van der Waals surface area (Å²) >= 11 is 8.93. The highest BCUT2D eigenvalue weighted by Crippen LogP contribution is 2.53. The summed E-state index contributed by atoms with van der Waals surface area (Å²) < 4.78 is 0. The predicted octanol–water partition coefficient (Wildman–Crippen LogP) is 6.40. The minimum absolute atomic E-state index is 0.0874. The molecule has 122 valence electrons. The number of benzene rings is 2. The van der Waals surface area contributed by atoms with Gasteiger partial charge in [-0.25, -0.2) is 0 Å². The number of thiol groups is 2. The van der Waals surface area contributed by atoms with E-state index in [-0.39, 0.29) is 5.41 Å². The summed E-state index contributed by atoms with van der Waals surface area (Å²) in [5.41, 5.74) is 3.27. The molecule has 1 atom stereocenters. The molecule has 1 aliphatic rings. The van der Waals surface area contributed by atoms with Crippen LogP contribution in [-0.2, 0) is 5.41 Å². The lowest BCUT2D eigenvalue weighted by Gasteiger charge is -2.48. The van der Waals surface area contributed by atoms with Crippen molar-refractivity contribution in [1.29, 1.82) is 0 Å². The fourth-order valence-corrected chi connectivity index (χ4v) is 5.04. The second-order valence-electron chi connectivity index (χ2n) is 8.03. The Morgan fingerprint density at radius 2 is 1.22 bits per heavy atom. The highest BCUT2D eigenvalue weighted by atomic mass is 32.1. The summed E-state index contributed by atoms with van der Waals surface area (Å²) in [6.07, 6.45) is 3.68. The van der Waals surface area contributed by atoms with Gasteiger partial charge < -0.3 is 0 Å². The second-order valence-corrected chi connectivity index (χ2v) is 9.06. The van der Waals surface area contributed by atoms with E-state index in [4.69, 9.17) is 0 Å². The SMILES string of the molecule is CC1CC(C)(C)CC(c2ccc(S)cc2)(c2ccc(S)cc2)C1. The average molecular weight is 343 g/mol. The van der Waals surface area contributed by atoms with Crippen molar-refractivity contribution in [2.24, 2.45) is 11.3 Å². The normalized spacial score (nSPS) is 22.7. The van der Waals surface area contributed by atoms with E-state index in [0.717, 1.165) is 9.79 Å². The van der Waals surface area contributed by atoms with Crippen LogP contribution in [0.2, 0.25) is 0 Å². The maximum absolute atomic E-state index is 4.47. The van der Waals surface area contributed by atoms with E-state index >= 15 is 0 Å². The van der Waals surface area contributed by atoms with E-state index in [2.05, 4.69) is 94.6 Å². The quantitative estimate of drug-likeness (QED) is 0.580. The fourth-order valence-electron chi connectivity index (χ4n) is 4.74. The number of hydrogen-bond donors (Lipinski definition) is 2. The van der Waals surface area contributed by atoms with Gasteiger partial charge in [0.05, 0.1) is 0 Å². The molecule has 1 saturated carbocycles. The average Bonchev–Trinajstić information content (AvgIpc) is 2.46. The van der Waals surface area contributed by atoms with E-state index in [9.17, 15) is 0 Å². The highest BCUT2D eigenvalue weighted by molar-refractivity contribution is 7.80. The van der Waals surface area contributed by atoms with Gasteiger partial charge in [-0.15, -0.1) is 25.3 Å². The summed E-state index contributed by atoms with van der Waals surface area (Å²) in [5, 5.41) is 0. The molecule has 2 heteroatoms. The van der Waals surface area contributed by atoms with Crippen molar-refractivity contribution in [2.75, 3.05) is 0 Å². The van der Waals surface area contributed by atoms with Crippen LogP contribution in [0.25, 0.3) is 0 Å². The lowest BCUT2D eigenvalue weighted by atomic mass is 9.55. The molecule has 2 aromatic rings. The van der Waals surface area contributed by atoms with Gasteiger partial charge in [0.1, 0.15) is 0 Å². The first-order valence-corrected chi connectivity index (χ1v) is 9.29. The molecular formula is C21H26S2. The Labute approximate surface area is 151 Å². The maximum atomic E-state index is 4.47. The Morgan fingerprint density at radius 1 is 0.783 bits per heavy atom. The molecule has 0 amide bonds. The first-order chi connectivity index (χ1) is 10.8. The zero-order chi connectivity index (χ0) is 16.7. The number of hydrogen-bond acceptors (Lipinski definition) is 2. The molecule has 0 radical (unpaired) electrons. The minimum Gasteiger partial charge on any atom is -0.143 e. The summed E-state index contributed by atoms with van der Waals surface area (Å²) in [5.74, 6) is 0.713. The summed E-state index contributed by atoms with van der Waals surface area (Å²) in [6.45, 7) is 7.23. The van der Waals surface area contributed by atoms with Crippen LogP contribution < -0.4 is 0 Å². The molecular weight excluding hydrogens is 316 g/mol. The van der Waals surface area contributed by atoms with Crippen molar-refractivity contribution in [3.05, 3.63) is 59.7 Å². The van der Waals surface area contributed by atoms with E-state index < -0.39 is 0 Å². The van der Waals surface area contributed by atoms with Gasteiger partial charge in [-0.1, -0.05) is 45.0 Å². The molecule has 0 nitrogen and oxygen atoms in total. The Bertz CT molecular complexity index is 622. The van der Waals surface area contributed by atoms with Crippen LogP contribution in [0.5, 0.6) is 0 Å². The molecule has 0 saturated heterocycles. The first-order valence-electron chi connectivity index (χ1n) is 8.40. The minimum atomic E-state index is 0.0874. The fraction of sp³-hybridized carbons (Fsp3) is 0.429. The van der Waals surface area contributed by atoms with Crippen LogP contribution in [0.4, 0.5) is 0 Å². The summed E-state index contributed by atoms with van der Waals surface area (Å²) in [7, 11) is 0. The third-order valence-electron chi connectivity index (χ3n) is 5.22. The van der Waals surface area contributed by atoms with Crippen molar-refractivity contribution in [3.63, 3.8) is 0 Å². The molecule has 0 aromatic heterocycles. The van der Waals surface area contributed by atoms with Crippen molar-refractivity contribution < 1.29 is 0 Å². The third-order valence-corrected chi connectivity index (χ3v) is 5.81. The molecule has 0 spiro atoms. The molecule has 0 bridgehead atoms. The largest absolute Gasteiger partial charge is 0.143 e. The smallest absolute Gasteiger partial charge is 0.0210 e. The molecule has 1 aliphatic carbocycles. The Balaban J connectivity index is 2.16. The van der Waals surface area contributed by atoms with Gasteiger partial charge in [0.2, 0.25) is 0 Å². The standard InChI is InChI=1S/C21H26S2/c1-15-12-20(2,3)14-21(13-15,16-4-8-18(22)9-5-16)17-6-10-19(23)11-7-17/h4-11,15,22-23H,12-14H2,1-3H3. The lowest BCUT2D eigenvalue weighted by molar-refractivity contribution is 0.127. The molecule has 0 aliphatic heterocycles. The van der Waals surface area contributed by atoms with E-state index in [1.807, 2.05) is 0 Å².